The lowest BCUT2D eigenvalue weighted by atomic mass is 9.91. The summed E-state index contributed by atoms with van der Waals surface area (Å²) < 4.78 is 10.7. The van der Waals surface area contributed by atoms with Gasteiger partial charge in [0.2, 0.25) is 0 Å². The molecule has 17 heavy (non-hydrogen) atoms. The summed E-state index contributed by atoms with van der Waals surface area (Å²) in [6.07, 6.45) is 4.50. The summed E-state index contributed by atoms with van der Waals surface area (Å²) in [5.41, 5.74) is 0.829. The normalized spacial score (nSPS) is 28.6. The lowest BCUT2D eigenvalue weighted by Crippen LogP contribution is -2.40. The summed E-state index contributed by atoms with van der Waals surface area (Å²) in [7, 11) is 0. The number of rotatable bonds is 5. The highest BCUT2D eigenvalue weighted by atomic mass is 16.5. The van der Waals surface area contributed by atoms with Gasteiger partial charge in [-0.2, -0.15) is 0 Å². The predicted octanol–water partition coefficient (Wildman–Crippen LogP) is 1.26. The molecule has 0 radical (unpaired) electrons. The van der Waals surface area contributed by atoms with E-state index in [0.717, 1.165) is 38.0 Å². The number of ketones is 1. The van der Waals surface area contributed by atoms with Gasteiger partial charge >= 0.3 is 0 Å². The molecule has 2 aliphatic heterocycles. The maximum absolute atomic E-state index is 12.3. The van der Waals surface area contributed by atoms with Crippen LogP contribution in [0.5, 0.6) is 0 Å². The van der Waals surface area contributed by atoms with Crippen molar-refractivity contribution in [1.82, 2.24) is 5.32 Å². The van der Waals surface area contributed by atoms with E-state index in [0.29, 0.717) is 13.2 Å². The summed E-state index contributed by atoms with van der Waals surface area (Å²) in [5.74, 6) is 0.172. The van der Waals surface area contributed by atoms with Crippen LogP contribution in [0.3, 0.4) is 0 Å². The second-order valence-electron chi connectivity index (χ2n) is 4.69. The molecule has 4 nitrogen and oxygen atoms in total. The molecule has 1 fully saturated rings. The Hall–Kier alpha value is -0.870. The van der Waals surface area contributed by atoms with E-state index in [1.54, 1.807) is 6.26 Å². The van der Waals surface area contributed by atoms with Crippen molar-refractivity contribution in [2.24, 2.45) is 5.92 Å². The minimum absolute atomic E-state index is 0.0329. The smallest absolute Gasteiger partial charge is 0.168 e. The van der Waals surface area contributed by atoms with Crippen LogP contribution in [0.2, 0.25) is 0 Å². The predicted molar refractivity (Wildman–Crippen MR) is 64.7 cm³/mol. The number of carbonyl (C=O) groups is 1. The van der Waals surface area contributed by atoms with Crippen molar-refractivity contribution in [2.45, 2.75) is 32.2 Å². The standard InChI is InChI=1S/C13H21NO3/c1-2-5-14-12-9-17-8-11(12)13(15)10-4-3-6-16-7-10/h7,11-12,14H,2-6,8-9H2,1H3. The molecule has 2 unspecified atom stereocenters. The molecule has 0 aromatic rings. The Kier molecular flexibility index (Phi) is 4.57. The van der Waals surface area contributed by atoms with Crippen molar-refractivity contribution < 1.29 is 14.3 Å². The number of Topliss-reactive ketones (excluding diaryl/α,β-unsaturated/α-hetero) is 1. The molecule has 2 atom stereocenters. The number of ether oxygens (including phenoxy) is 2. The third-order valence-corrected chi connectivity index (χ3v) is 3.32. The number of carbonyl (C=O) groups excluding carboxylic acids is 1. The van der Waals surface area contributed by atoms with Crippen molar-refractivity contribution in [2.75, 3.05) is 26.4 Å². The second-order valence-corrected chi connectivity index (χ2v) is 4.69. The molecule has 2 rings (SSSR count). The van der Waals surface area contributed by atoms with Crippen LogP contribution in [0.1, 0.15) is 26.2 Å². The van der Waals surface area contributed by atoms with Gasteiger partial charge < -0.3 is 14.8 Å². The van der Waals surface area contributed by atoms with Gasteiger partial charge in [0, 0.05) is 11.6 Å². The van der Waals surface area contributed by atoms with Crippen LogP contribution < -0.4 is 5.32 Å². The number of nitrogens with one attached hydrogen (secondary N) is 1. The van der Waals surface area contributed by atoms with Crippen LogP contribution in [0.15, 0.2) is 11.8 Å². The molecule has 0 aliphatic carbocycles. The highest BCUT2D eigenvalue weighted by Gasteiger charge is 2.35. The maximum Gasteiger partial charge on any atom is 0.168 e. The largest absolute Gasteiger partial charge is 0.501 e. The number of allylic oxidation sites excluding steroid dienone is 1. The molecule has 0 amide bonds. The van der Waals surface area contributed by atoms with Gasteiger partial charge in [-0.1, -0.05) is 6.92 Å². The summed E-state index contributed by atoms with van der Waals surface area (Å²) in [6.45, 7) is 4.97. The van der Waals surface area contributed by atoms with Gasteiger partial charge in [-0.05, 0) is 25.8 Å². The van der Waals surface area contributed by atoms with Gasteiger partial charge in [-0.15, -0.1) is 0 Å². The molecule has 0 aromatic carbocycles. The molecule has 0 bridgehead atoms. The van der Waals surface area contributed by atoms with E-state index in [-0.39, 0.29) is 17.7 Å². The summed E-state index contributed by atoms with van der Waals surface area (Å²) in [4.78, 5) is 12.3. The first-order valence-electron chi connectivity index (χ1n) is 6.49. The van der Waals surface area contributed by atoms with Gasteiger partial charge in [0.05, 0.1) is 32.0 Å². The SMILES string of the molecule is CCCNC1COCC1C(=O)C1=COCCC1. The van der Waals surface area contributed by atoms with Crippen molar-refractivity contribution in [1.29, 1.82) is 0 Å². The van der Waals surface area contributed by atoms with Crippen LogP contribution in [-0.4, -0.2) is 38.2 Å². The molecule has 2 aliphatic rings. The van der Waals surface area contributed by atoms with E-state index in [9.17, 15) is 4.79 Å². The topological polar surface area (TPSA) is 47.6 Å². The van der Waals surface area contributed by atoms with Gasteiger partial charge in [0.25, 0.3) is 0 Å². The molecule has 1 N–H and O–H groups in total. The zero-order chi connectivity index (χ0) is 12.1. The zero-order valence-corrected chi connectivity index (χ0v) is 10.4. The quantitative estimate of drug-likeness (QED) is 0.784. The highest BCUT2D eigenvalue weighted by Crippen LogP contribution is 2.23. The fourth-order valence-electron chi connectivity index (χ4n) is 2.33. The van der Waals surface area contributed by atoms with Crippen molar-refractivity contribution in [3.05, 3.63) is 11.8 Å². The summed E-state index contributed by atoms with van der Waals surface area (Å²) in [6, 6.07) is 0.172. The fourth-order valence-corrected chi connectivity index (χ4v) is 2.33. The first-order chi connectivity index (χ1) is 8.33. The molecule has 0 saturated carbocycles. The minimum Gasteiger partial charge on any atom is -0.501 e. The first kappa shape index (κ1) is 12.6. The molecule has 0 spiro atoms. The Morgan fingerprint density at radius 1 is 1.53 bits per heavy atom. The Bertz CT molecular complexity index is 301. The Labute approximate surface area is 102 Å². The third-order valence-electron chi connectivity index (χ3n) is 3.32. The van der Waals surface area contributed by atoms with Crippen molar-refractivity contribution in [3.63, 3.8) is 0 Å². The molecular formula is C13H21NO3. The van der Waals surface area contributed by atoms with E-state index < -0.39 is 0 Å². The van der Waals surface area contributed by atoms with E-state index in [2.05, 4.69) is 12.2 Å². The molecular weight excluding hydrogens is 218 g/mol. The highest BCUT2D eigenvalue weighted by molar-refractivity contribution is 5.97. The molecule has 96 valence electrons. The monoisotopic (exact) mass is 239 g/mol. The van der Waals surface area contributed by atoms with E-state index >= 15 is 0 Å². The average Bonchev–Trinajstić information content (AvgIpc) is 2.84. The van der Waals surface area contributed by atoms with Crippen molar-refractivity contribution in [3.8, 4) is 0 Å². The summed E-state index contributed by atoms with van der Waals surface area (Å²) >= 11 is 0. The minimum atomic E-state index is -0.0329. The molecule has 0 aromatic heterocycles. The van der Waals surface area contributed by atoms with Crippen LogP contribution in [0.4, 0.5) is 0 Å². The van der Waals surface area contributed by atoms with Gasteiger partial charge in [-0.25, -0.2) is 0 Å². The average molecular weight is 239 g/mol. The van der Waals surface area contributed by atoms with Gasteiger partial charge in [0.15, 0.2) is 5.78 Å². The van der Waals surface area contributed by atoms with Crippen LogP contribution in [0.25, 0.3) is 0 Å². The van der Waals surface area contributed by atoms with Crippen LogP contribution in [-0.2, 0) is 14.3 Å². The van der Waals surface area contributed by atoms with E-state index in [1.165, 1.54) is 0 Å². The third kappa shape index (κ3) is 3.07. The second kappa shape index (κ2) is 6.17. The number of hydrogen-bond donors (Lipinski definition) is 1. The van der Waals surface area contributed by atoms with Crippen LogP contribution >= 0.6 is 0 Å². The Balaban J connectivity index is 1.95. The molecule has 1 saturated heterocycles. The van der Waals surface area contributed by atoms with E-state index in [1.807, 2.05) is 0 Å². The van der Waals surface area contributed by atoms with Crippen LogP contribution in [0, 0.1) is 5.92 Å². The van der Waals surface area contributed by atoms with Gasteiger partial charge in [-0.3, -0.25) is 4.79 Å². The molecule has 4 heteroatoms. The summed E-state index contributed by atoms with van der Waals surface area (Å²) in [5, 5.41) is 3.39. The molecule has 2 heterocycles. The number of hydrogen-bond acceptors (Lipinski definition) is 4. The maximum atomic E-state index is 12.3. The first-order valence-corrected chi connectivity index (χ1v) is 6.49. The Morgan fingerprint density at radius 2 is 2.41 bits per heavy atom. The zero-order valence-electron chi connectivity index (χ0n) is 10.4. The lowest BCUT2D eigenvalue weighted by Gasteiger charge is -2.20. The Morgan fingerprint density at radius 3 is 3.12 bits per heavy atom. The van der Waals surface area contributed by atoms with Gasteiger partial charge in [0.1, 0.15) is 0 Å². The lowest BCUT2D eigenvalue weighted by molar-refractivity contribution is -0.120. The van der Waals surface area contributed by atoms with E-state index in [4.69, 9.17) is 9.47 Å². The van der Waals surface area contributed by atoms with Crippen molar-refractivity contribution >= 4 is 5.78 Å². The fraction of sp³-hybridized carbons (Fsp3) is 0.769.